The number of piperazine rings is 1. The number of aryl methyl sites for hydroxylation is 1. The van der Waals surface area contributed by atoms with E-state index in [1.165, 1.54) is 32.1 Å². The van der Waals surface area contributed by atoms with Gasteiger partial charge in [0, 0.05) is 30.4 Å². The first kappa shape index (κ1) is 14.6. The highest BCUT2D eigenvalue weighted by Gasteiger charge is 2.42. The minimum absolute atomic E-state index is 0.0351. The predicted octanol–water partition coefficient (Wildman–Crippen LogP) is 2.59. The molecule has 0 radical (unpaired) electrons. The van der Waals surface area contributed by atoms with Crippen LogP contribution in [0.3, 0.4) is 0 Å². The van der Waals surface area contributed by atoms with Crippen molar-refractivity contribution in [3.63, 3.8) is 0 Å². The molecule has 0 spiro atoms. The van der Waals surface area contributed by atoms with Crippen LogP contribution in [0, 0.1) is 6.92 Å². The van der Waals surface area contributed by atoms with Gasteiger partial charge in [-0.3, -0.25) is 4.79 Å². The van der Waals surface area contributed by atoms with Crippen molar-refractivity contribution < 1.29 is 9.32 Å². The predicted molar refractivity (Wildman–Crippen MR) is 85.2 cm³/mol. The lowest BCUT2D eigenvalue weighted by atomic mass is 10.0. The second-order valence-corrected chi connectivity index (χ2v) is 8.07. The van der Waals surface area contributed by atoms with Crippen molar-refractivity contribution >= 4 is 17.7 Å². The number of hydrogen-bond acceptors (Lipinski definition) is 5. The summed E-state index contributed by atoms with van der Waals surface area (Å²) < 4.78 is 5.44. The first-order valence-corrected chi connectivity index (χ1v) is 9.27. The number of nitrogens with zero attached hydrogens (tertiary/aromatic N) is 2. The zero-order valence-electron chi connectivity index (χ0n) is 13.0. The van der Waals surface area contributed by atoms with E-state index < -0.39 is 0 Å². The number of fused-ring (bicyclic) bond motifs is 2. The number of amides is 1. The lowest BCUT2D eigenvalue weighted by Crippen LogP contribution is -2.46. The average Bonchev–Trinajstić information content (AvgIpc) is 3.25. The highest BCUT2D eigenvalue weighted by Crippen LogP contribution is 2.38. The third-order valence-corrected chi connectivity index (χ3v) is 6.68. The molecule has 1 aromatic heterocycles. The normalized spacial score (nSPS) is 28.5. The molecule has 2 atom stereocenters. The Labute approximate surface area is 135 Å². The van der Waals surface area contributed by atoms with Crippen molar-refractivity contribution in [3.05, 3.63) is 11.5 Å². The van der Waals surface area contributed by atoms with Crippen molar-refractivity contribution in [2.45, 2.75) is 67.7 Å². The molecule has 1 aromatic rings. The van der Waals surface area contributed by atoms with Gasteiger partial charge in [0.25, 0.3) is 5.91 Å². The minimum Gasteiger partial charge on any atom is -0.350 e. The summed E-state index contributed by atoms with van der Waals surface area (Å²) in [6.07, 6.45) is 7.49. The van der Waals surface area contributed by atoms with Gasteiger partial charge in [-0.05, 0) is 26.2 Å². The Morgan fingerprint density at radius 3 is 2.86 bits per heavy atom. The molecule has 0 unspecified atom stereocenters. The van der Waals surface area contributed by atoms with Crippen LogP contribution in [-0.2, 0) is 0 Å². The molecule has 3 heterocycles. The second-order valence-electron chi connectivity index (χ2n) is 6.76. The third-order valence-electron chi connectivity index (χ3n) is 5.16. The monoisotopic (exact) mass is 321 g/mol. The molecule has 1 aliphatic carbocycles. The zero-order chi connectivity index (χ0) is 15.1. The van der Waals surface area contributed by atoms with Crippen LogP contribution < -0.4 is 5.32 Å². The largest absolute Gasteiger partial charge is 0.350 e. The Hall–Kier alpha value is -1.01. The van der Waals surface area contributed by atoms with Crippen molar-refractivity contribution in [1.82, 2.24) is 15.4 Å². The molecule has 2 saturated heterocycles. The molecule has 22 heavy (non-hydrogen) atoms. The molecule has 2 bridgehead atoms. The van der Waals surface area contributed by atoms with Gasteiger partial charge < -0.3 is 14.7 Å². The second kappa shape index (κ2) is 5.89. The van der Waals surface area contributed by atoms with Crippen molar-refractivity contribution in [2.24, 2.45) is 0 Å². The van der Waals surface area contributed by atoms with Gasteiger partial charge in [-0.2, -0.15) is 0 Å². The highest BCUT2D eigenvalue weighted by atomic mass is 32.2. The van der Waals surface area contributed by atoms with Crippen molar-refractivity contribution in [3.8, 4) is 0 Å². The van der Waals surface area contributed by atoms with Crippen molar-refractivity contribution in [2.75, 3.05) is 13.1 Å². The first-order chi connectivity index (χ1) is 10.7. The Bertz CT molecular complexity index is 568. The van der Waals surface area contributed by atoms with E-state index >= 15 is 0 Å². The molecule has 5 nitrogen and oxygen atoms in total. The topological polar surface area (TPSA) is 58.4 Å². The summed E-state index contributed by atoms with van der Waals surface area (Å²) in [5.74, 6) is 0.508. The fourth-order valence-electron chi connectivity index (χ4n) is 3.93. The molecule has 6 heteroatoms. The fourth-order valence-corrected chi connectivity index (χ4v) is 5.27. The number of aromatic nitrogens is 1. The number of carbonyl (C=O) groups excluding carboxylic acids is 1. The number of nitrogens with one attached hydrogen (secondary N) is 1. The Morgan fingerprint density at radius 1 is 1.36 bits per heavy atom. The van der Waals surface area contributed by atoms with Crippen LogP contribution in [0.25, 0.3) is 0 Å². The maximum Gasteiger partial charge on any atom is 0.294 e. The number of thioether (sulfide) groups is 1. The maximum absolute atomic E-state index is 12.9. The molecule has 1 N–H and O–H groups in total. The standard InChI is InChI=1S/C16H23N3O2S/c1-10-15(22-13-5-3-2-4-6-13)14(21-18-10)16(20)19-9-11-7-12(19)8-17-11/h11-13,17H,2-9H2,1H3/t11-,12-/m0/s1. The molecule has 120 valence electrons. The van der Waals surface area contributed by atoms with Crippen LogP contribution in [0.5, 0.6) is 0 Å². The van der Waals surface area contributed by atoms with Crippen LogP contribution in [0.15, 0.2) is 9.42 Å². The van der Waals surface area contributed by atoms with Gasteiger partial charge >= 0.3 is 0 Å². The average molecular weight is 321 g/mol. The van der Waals surface area contributed by atoms with Gasteiger partial charge in [0.05, 0.1) is 10.6 Å². The smallest absolute Gasteiger partial charge is 0.294 e. The van der Waals surface area contributed by atoms with E-state index in [2.05, 4.69) is 10.5 Å². The highest BCUT2D eigenvalue weighted by molar-refractivity contribution is 8.00. The quantitative estimate of drug-likeness (QED) is 0.927. The summed E-state index contributed by atoms with van der Waals surface area (Å²) in [5.41, 5.74) is 0.862. The molecule has 2 aliphatic heterocycles. The van der Waals surface area contributed by atoms with Gasteiger partial charge in [-0.1, -0.05) is 24.4 Å². The lowest BCUT2D eigenvalue weighted by molar-refractivity contribution is 0.0669. The molecule has 1 saturated carbocycles. The van der Waals surface area contributed by atoms with Gasteiger partial charge in [0.1, 0.15) is 0 Å². The summed E-state index contributed by atoms with van der Waals surface area (Å²) in [7, 11) is 0. The van der Waals surface area contributed by atoms with E-state index in [-0.39, 0.29) is 5.91 Å². The van der Waals surface area contributed by atoms with E-state index in [1.54, 1.807) is 0 Å². The molecular weight excluding hydrogens is 298 g/mol. The summed E-state index contributed by atoms with van der Waals surface area (Å²) in [5, 5.41) is 8.12. The zero-order valence-corrected chi connectivity index (χ0v) is 13.8. The summed E-state index contributed by atoms with van der Waals surface area (Å²) >= 11 is 1.81. The van der Waals surface area contributed by atoms with Crippen LogP contribution >= 0.6 is 11.8 Å². The van der Waals surface area contributed by atoms with E-state index in [0.29, 0.717) is 23.1 Å². The summed E-state index contributed by atoms with van der Waals surface area (Å²) in [6.45, 7) is 3.66. The van der Waals surface area contributed by atoms with E-state index in [9.17, 15) is 4.79 Å². The van der Waals surface area contributed by atoms with Gasteiger partial charge in [-0.15, -0.1) is 11.8 Å². The number of rotatable bonds is 3. The van der Waals surface area contributed by atoms with Gasteiger partial charge in [-0.25, -0.2) is 0 Å². The van der Waals surface area contributed by atoms with Gasteiger partial charge in [0.15, 0.2) is 0 Å². The van der Waals surface area contributed by atoms with Crippen molar-refractivity contribution in [1.29, 1.82) is 0 Å². The number of carbonyl (C=O) groups is 1. The Kier molecular flexibility index (Phi) is 3.90. The van der Waals surface area contributed by atoms with E-state index in [1.807, 2.05) is 23.6 Å². The summed E-state index contributed by atoms with van der Waals surface area (Å²) in [4.78, 5) is 15.8. The number of hydrogen-bond donors (Lipinski definition) is 1. The van der Waals surface area contributed by atoms with E-state index in [0.717, 1.165) is 30.1 Å². The minimum atomic E-state index is 0.0351. The molecule has 1 amide bonds. The SMILES string of the molecule is Cc1noc(C(=O)N2C[C@@H]3C[C@H]2CN3)c1SC1CCCCC1. The maximum atomic E-state index is 12.9. The van der Waals surface area contributed by atoms with Crippen LogP contribution in [0.1, 0.15) is 54.8 Å². The Balaban J connectivity index is 1.53. The third kappa shape index (κ3) is 2.56. The Morgan fingerprint density at radius 2 is 2.18 bits per heavy atom. The molecular formula is C16H23N3O2S. The van der Waals surface area contributed by atoms with Gasteiger partial charge in [0.2, 0.25) is 5.76 Å². The van der Waals surface area contributed by atoms with E-state index in [4.69, 9.17) is 4.52 Å². The van der Waals surface area contributed by atoms with Crippen LogP contribution in [0.4, 0.5) is 0 Å². The van der Waals surface area contributed by atoms with Crippen LogP contribution in [-0.4, -0.2) is 46.4 Å². The first-order valence-electron chi connectivity index (χ1n) is 8.39. The number of likely N-dealkylation sites (tertiary alicyclic amines) is 1. The molecule has 0 aromatic carbocycles. The lowest BCUT2D eigenvalue weighted by Gasteiger charge is -2.27. The fraction of sp³-hybridized carbons (Fsp3) is 0.750. The molecule has 3 fully saturated rings. The summed E-state index contributed by atoms with van der Waals surface area (Å²) in [6, 6.07) is 0.794. The molecule has 4 rings (SSSR count). The molecule has 3 aliphatic rings. The van der Waals surface area contributed by atoms with Crippen LogP contribution in [0.2, 0.25) is 0 Å².